The highest BCUT2D eigenvalue weighted by Crippen LogP contribution is 2.29. The van der Waals surface area contributed by atoms with E-state index < -0.39 is 17.6 Å². The summed E-state index contributed by atoms with van der Waals surface area (Å²) in [6, 6.07) is 5.90. The Morgan fingerprint density at radius 3 is 2.55 bits per heavy atom. The van der Waals surface area contributed by atoms with Gasteiger partial charge >= 0.3 is 6.18 Å². The summed E-state index contributed by atoms with van der Waals surface area (Å²) in [7, 11) is 1.63. The van der Waals surface area contributed by atoms with Gasteiger partial charge in [0.15, 0.2) is 0 Å². The molecule has 1 heterocycles. The first-order chi connectivity index (χ1) is 9.27. The van der Waals surface area contributed by atoms with Crippen molar-refractivity contribution in [3.8, 4) is 0 Å². The number of alkyl halides is 3. The molecule has 0 aliphatic heterocycles. The maximum atomic E-state index is 12.6. The standard InChI is InChI=1S/C13H12F3N3O/c1-8-6-11(19(2)18-8)17-12(20)9-4-3-5-10(7-9)13(14,15)16/h3-7H,1-2H3,(H,17,20). The zero-order valence-corrected chi connectivity index (χ0v) is 10.8. The van der Waals surface area contributed by atoms with Crippen LogP contribution in [-0.2, 0) is 13.2 Å². The number of aromatic nitrogens is 2. The van der Waals surface area contributed by atoms with Crippen molar-refractivity contribution in [3.63, 3.8) is 0 Å². The van der Waals surface area contributed by atoms with E-state index in [1.807, 2.05) is 0 Å². The van der Waals surface area contributed by atoms with Crippen molar-refractivity contribution in [1.29, 1.82) is 0 Å². The molecular weight excluding hydrogens is 271 g/mol. The number of hydrogen-bond acceptors (Lipinski definition) is 2. The van der Waals surface area contributed by atoms with Gasteiger partial charge in [0, 0.05) is 18.7 Å². The van der Waals surface area contributed by atoms with Crippen LogP contribution < -0.4 is 5.32 Å². The SMILES string of the molecule is Cc1cc(NC(=O)c2cccc(C(F)(F)F)c2)n(C)n1. The number of halogens is 3. The van der Waals surface area contributed by atoms with Gasteiger partial charge in [0.05, 0.1) is 11.3 Å². The fraction of sp³-hybridized carbons (Fsp3) is 0.231. The number of aryl methyl sites for hydroxylation is 2. The van der Waals surface area contributed by atoms with E-state index in [0.29, 0.717) is 11.5 Å². The summed E-state index contributed by atoms with van der Waals surface area (Å²) in [4.78, 5) is 11.9. The average molecular weight is 283 g/mol. The van der Waals surface area contributed by atoms with Crippen LogP contribution in [0.25, 0.3) is 0 Å². The number of carbonyl (C=O) groups is 1. The van der Waals surface area contributed by atoms with Gasteiger partial charge in [-0.1, -0.05) is 6.07 Å². The number of amides is 1. The number of nitrogens with zero attached hydrogens (tertiary/aromatic N) is 2. The Hall–Kier alpha value is -2.31. The minimum Gasteiger partial charge on any atom is -0.307 e. The zero-order chi connectivity index (χ0) is 14.9. The Balaban J connectivity index is 2.24. The Labute approximate surface area is 113 Å². The minimum absolute atomic E-state index is 0.0568. The van der Waals surface area contributed by atoms with Crippen LogP contribution in [0.5, 0.6) is 0 Å². The fourth-order valence-corrected chi connectivity index (χ4v) is 1.75. The summed E-state index contributed by atoms with van der Waals surface area (Å²) in [5.74, 6) is -0.191. The van der Waals surface area contributed by atoms with Gasteiger partial charge in [-0.25, -0.2) is 0 Å². The van der Waals surface area contributed by atoms with Crippen molar-refractivity contribution < 1.29 is 18.0 Å². The first kappa shape index (κ1) is 14.1. The van der Waals surface area contributed by atoms with Crippen LogP contribution in [0.2, 0.25) is 0 Å². The average Bonchev–Trinajstić information content (AvgIpc) is 2.67. The van der Waals surface area contributed by atoms with E-state index in [4.69, 9.17) is 0 Å². The third-order valence-corrected chi connectivity index (χ3v) is 2.70. The topological polar surface area (TPSA) is 46.9 Å². The summed E-state index contributed by atoms with van der Waals surface area (Å²) in [5, 5.41) is 6.56. The van der Waals surface area contributed by atoms with Crippen LogP contribution in [0, 0.1) is 6.92 Å². The van der Waals surface area contributed by atoms with Crippen molar-refractivity contribution in [1.82, 2.24) is 9.78 Å². The number of anilines is 1. The number of hydrogen-bond donors (Lipinski definition) is 1. The lowest BCUT2D eigenvalue weighted by atomic mass is 10.1. The predicted octanol–water partition coefficient (Wildman–Crippen LogP) is 3.00. The molecule has 0 radical (unpaired) electrons. The van der Waals surface area contributed by atoms with E-state index in [-0.39, 0.29) is 5.56 Å². The normalized spacial score (nSPS) is 11.4. The van der Waals surface area contributed by atoms with E-state index in [9.17, 15) is 18.0 Å². The molecule has 1 aromatic carbocycles. The van der Waals surface area contributed by atoms with E-state index in [1.165, 1.54) is 16.8 Å². The summed E-state index contributed by atoms with van der Waals surface area (Å²) in [6.07, 6.45) is -4.47. The summed E-state index contributed by atoms with van der Waals surface area (Å²) >= 11 is 0. The first-order valence-electron chi connectivity index (χ1n) is 5.76. The van der Waals surface area contributed by atoms with Crippen molar-refractivity contribution in [3.05, 3.63) is 47.2 Å². The van der Waals surface area contributed by atoms with E-state index in [1.54, 1.807) is 20.0 Å². The van der Waals surface area contributed by atoms with E-state index in [2.05, 4.69) is 10.4 Å². The Bertz CT molecular complexity index is 647. The lowest BCUT2D eigenvalue weighted by Crippen LogP contribution is -2.15. The van der Waals surface area contributed by atoms with Gasteiger partial charge in [0.1, 0.15) is 5.82 Å². The maximum Gasteiger partial charge on any atom is 0.416 e. The van der Waals surface area contributed by atoms with Crippen LogP contribution in [0.15, 0.2) is 30.3 Å². The van der Waals surface area contributed by atoms with Crippen LogP contribution in [0.3, 0.4) is 0 Å². The number of benzene rings is 1. The highest BCUT2D eigenvalue weighted by molar-refractivity contribution is 6.03. The van der Waals surface area contributed by atoms with Crippen molar-refractivity contribution in [2.45, 2.75) is 13.1 Å². The molecule has 0 bridgehead atoms. The molecular formula is C13H12F3N3O. The Kier molecular flexibility index (Phi) is 3.52. The molecule has 0 fully saturated rings. The number of carbonyl (C=O) groups excluding carboxylic acids is 1. The van der Waals surface area contributed by atoms with Gasteiger partial charge in [0.2, 0.25) is 0 Å². The van der Waals surface area contributed by atoms with Gasteiger partial charge < -0.3 is 5.32 Å². The zero-order valence-electron chi connectivity index (χ0n) is 10.8. The monoisotopic (exact) mass is 283 g/mol. The van der Waals surface area contributed by atoms with Gasteiger partial charge in [-0.15, -0.1) is 0 Å². The number of rotatable bonds is 2. The second kappa shape index (κ2) is 4.99. The largest absolute Gasteiger partial charge is 0.416 e. The molecule has 20 heavy (non-hydrogen) atoms. The molecule has 0 saturated heterocycles. The van der Waals surface area contributed by atoms with E-state index in [0.717, 1.165) is 12.1 Å². The van der Waals surface area contributed by atoms with Crippen LogP contribution in [0.4, 0.5) is 19.0 Å². The molecule has 0 aliphatic carbocycles. The number of nitrogens with one attached hydrogen (secondary N) is 1. The molecule has 1 amide bonds. The molecule has 0 saturated carbocycles. The van der Waals surface area contributed by atoms with Gasteiger partial charge in [-0.05, 0) is 25.1 Å². The molecule has 1 aromatic heterocycles. The molecule has 0 spiro atoms. The predicted molar refractivity (Wildman–Crippen MR) is 67.3 cm³/mol. The smallest absolute Gasteiger partial charge is 0.307 e. The van der Waals surface area contributed by atoms with Crippen LogP contribution in [0.1, 0.15) is 21.6 Å². The molecule has 0 aliphatic rings. The van der Waals surface area contributed by atoms with Gasteiger partial charge in [-0.2, -0.15) is 18.3 Å². The Morgan fingerprint density at radius 2 is 2.00 bits per heavy atom. The third kappa shape index (κ3) is 2.98. The maximum absolute atomic E-state index is 12.6. The second-order valence-electron chi connectivity index (χ2n) is 4.33. The molecule has 2 rings (SSSR count). The van der Waals surface area contributed by atoms with Crippen molar-refractivity contribution in [2.24, 2.45) is 7.05 Å². The molecule has 7 heteroatoms. The van der Waals surface area contributed by atoms with Crippen molar-refractivity contribution in [2.75, 3.05) is 5.32 Å². The summed E-state index contributed by atoms with van der Waals surface area (Å²) < 4.78 is 39.2. The molecule has 106 valence electrons. The fourth-order valence-electron chi connectivity index (χ4n) is 1.75. The summed E-state index contributed by atoms with van der Waals surface area (Å²) in [5.41, 5.74) is -0.211. The minimum atomic E-state index is -4.47. The molecule has 0 unspecified atom stereocenters. The highest BCUT2D eigenvalue weighted by atomic mass is 19.4. The lowest BCUT2D eigenvalue weighted by Gasteiger charge is -2.09. The van der Waals surface area contributed by atoms with Crippen LogP contribution >= 0.6 is 0 Å². The van der Waals surface area contributed by atoms with Gasteiger partial charge in [-0.3, -0.25) is 9.48 Å². The second-order valence-corrected chi connectivity index (χ2v) is 4.33. The first-order valence-corrected chi connectivity index (χ1v) is 5.76. The lowest BCUT2D eigenvalue weighted by molar-refractivity contribution is -0.137. The molecule has 2 aromatic rings. The third-order valence-electron chi connectivity index (χ3n) is 2.70. The molecule has 4 nitrogen and oxygen atoms in total. The van der Waals surface area contributed by atoms with Crippen molar-refractivity contribution >= 4 is 11.7 Å². The molecule has 1 N–H and O–H groups in total. The molecule has 0 atom stereocenters. The Morgan fingerprint density at radius 1 is 1.30 bits per heavy atom. The highest BCUT2D eigenvalue weighted by Gasteiger charge is 2.30. The van der Waals surface area contributed by atoms with Crippen LogP contribution in [-0.4, -0.2) is 15.7 Å². The summed E-state index contributed by atoms with van der Waals surface area (Å²) in [6.45, 7) is 1.75. The quantitative estimate of drug-likeness (QED) is 0.921. The van der Waals surface area contributed by atoms with Gasteiger partial charge in [0.25, 0.3) is 5.91 Å². The van der Waals surface area contributed by atoms with E-state index >= 15 is 0 Å².